The van der Waals surface area contributed by atoms with Crippen LogP contribution in [0.15, 0.2) is 75.0 Å². The SMILES string of the molecule is CC(C)c1nc2ccc(Br)cc2c(=O)n1N=Cc1cccc([N+](=O)[O-])c1OCc1cccc([N+](=O)[O-])c1. The summed E-state index contributed by atoms with van der Waals surface area (Å²) in [6.45, 7) is 3.59. The lowest BCUT2D eigenvalue weighted by atomic mass is 10.1. The Morgan fingerprint density at radius 2 is 1.84 bits per heavy atom. The summed E-state index contributed by atoms with van der Waals surface area (Å²) in [5.41, 5.74) is 0.400. The Hall–Kier alpha value is -4.45. The normalized spacial score (nSPS) is 11.4. The zero-order valence-corrected chi connectivity index (χ0v) is 21.3. The molecule has 0 fully saturated rings. The summed E-state index contributed by atoms with van der Waals surface area (Å²) in [5, 5.41) is 27.5. The quantitative estimate of drug-likeness (QED) is 0.154. The Bertz CT molecular complexity index is 1620. The van der Waals surface area contributed by atoms with Crippen LogP contribution >= 0.6 is 15.9 Å². The third kappa shape index (κ3) is 5.54. The highest BCUT2D eigenvalue weighted by atomic mass is 79.9. The van der Waals surface area contributed by atoms with Gasteiger partial charge in [0, 0.05) is 34.2 Å². The molecule has 1 aromatic heterocycles. The van der Waals surface area contributed by atoms with Gasteiger partial charge < -0.3 is 4.74 Å². The molecule has 0 atom stereocenters. The van der Waals surface area contributed by atoms with E-state index in [0.29, 0.717) is 26.8 Å². The smallest absolute Gasteiger partial charge is 0.311 e. The number of fused-ring (bicyclic) bond motifs is 1. The summed E-state index contributed by atoms with van der Waals surface area (Å²) in [7, 11) is 0. The summed E-state index contributed by atoms with van der Waals surface area (Å²) in [6.07, 6.45) is 1.30. The molecule has 0 radical (unpaired) electrons. The minimum absolute atomic E-state index is 0.0848. The first-order valence-electron chi connectivity index (χ1n) is 11.1. The molecular formula is C25H20BrN5O6. The van der Waals surface area contributed by atoms with Crippen LogP contribution in [-0.2, 0) is 6.61 Å². The predicted molar refractivity (Wildman–Crippen MR) is 141 cm³/mol. The van der Waals surface area contributed by atoms with Crippen LogP contribution in [0.3, 0.4) is 0 Å². The first-order chi connectivity index (χ1) is 17.7. The van der Waals surface area contributed by atoms with Crippen molar-refractivity contribution in [2.24, 2.45) is 5.10 Å². The number of nitrogens with zero attached hydrogens (tertiary/aromatic N) is 5. The van der Waals surface area contributed by atoms with E-state index in [-0.39, 0.29) is 35.2 Å². The molecule has 12 heteroatoms. The molecule has 0 amide bonds. The van der Waals surface area contributed by atoms with E-state index in [0.717, 1.165) is 0 Å². The second kappa shape index (κ2) is 10.7. The highest BCUT2D eigenvalue weighted by Gasteiger charge is 2.20. The molecule has 0 spiro atoms. The highest BCUT2D eigenvalue weighted by molar-refractivity contribution is 9.10. The predicted octanol–water partition coefficient (Wildman–Crippen LogP) is 5.56. The van der Waals surface area contributed by atoms with Gasteiger partial charge in [0.15, 0.2) is 0 Å². The maximum Gasteiger partial charge on any atom is 0.311 e. The zero-order valence-electron chi connectivity index (χ0n) is 19.7. The van der Waals surface area contributed by atoms with Gasteiger partial charge in [0.1, 0.15) is 12.4 Å². The number of aromatic nitrogens is 2. The fraction of sp³-hybridized carbons (Fsp3) is 0.160. The second-order valence-corrected chi connectivity index (χ2v) is 9.23. The number of hydrogen-bond donors (Lipinski definition) is 0. The number of para-hydroxylation sites is 1. The lowest BCUT2D eigenvalue weighted by molar-refractivity contribution is -0.386. The maximum absolute atomic E-state index is 13.3. The lowest BCUT2D eigenvalue weighted by Crippen LogP contribution is -2.23. The molecule has 0 bridgehead atoms. The van der Waals surface area contributed by atoms with Gasteiger partial charge in [-0.25, -0.2) is 4.98 Å². The molecule has 3 aromatic carbocycles. The minimum atomic E-state index is -0.596. The van der Waals surface area contributed by atoms with Crippen LogP contribution in [0, 0.1) is 20.2 Å². The minimum Gasteiger partial charge on any atom is -0.481 e. The molecule has 0 saturated carbocycles. The monoisotopic (exact) mass is 565 g/mol. The van der Waals surface area contributed by atoms with Crippen LogP contribution < -0.4 is 10.3 Å². The molecule has 0 N–H and O–H groups in total. The molecule has 11 nitrogen and oxygen atoms in total. The number of rotatable bonds is 8. The molecule has 0 saturated heterocycles. The fourth-order valence-corrected chi connectivity index (χ4v) is 3.99. The largest absolute Gasteiger partial charge is 0.481 e. The van der Waals surface area contributed by atoms with Crippen molar-refractivity contribution in [2.75, 3.05) is 0 Å². The Labute approximate surface area is 218 Å². The average Bonchev–Trinajstić information content (AvgIpc) is 2.87. The molecule has 37 heavy (non-hydrogen) atoms. The van der Waals surface area contributed by atoms with Gasteiger partial charge >= 0.3 is 5.69 Å². The molecule has 4 aromatic rings. The number of nitro benzene ring substituents is 2. The van der Waals surface area contributed by atoms with Crippen molar-refractivity contribution < 1.29 is 14.6 Å². The Balaban J connectivity index is 1.77. The number of ether oxygens (including phenoxy) is 1. The van der Waals surface area contributed by atoms with Crippen LogP contribution in [-0.4, -0.2) is 25.7 Å². The number of nitro groups is 2. The lowest BCUT2D eigenvalue weighted by Gasteiger charge is -2.13. The van der Waals surface area contributed by atoms with E-state index >= 15 is 0 Å². The number of halogens is 1. The molecule has 0 aliphatic carbocycles. The second-order valence-electron chi connectivity index (χ2n) is 8.32. The average molecular weight is 566 g/mol. The third-order valence-corrected chi connectivity index (χ3v) is 5.88. The van der Waals surface area contributed by atoms with Crippen LogP contribution in [0.5, 0.6) is 5.75 Å². The van der Waals surface area contributed by atoms with Gasteiger partial charge in [-0.2, -0.15) is 9.78 Å². The summed E-state index contributed by atoms with van der Waals surface area (Å²) in [6, 6.07) is 15.3. The van der Waals surface area contributed by atoms with Gasteiger partial charge in [-0.3, -0.25) is 25.0 Å². The van der Waals surface area contributed by atoms with Gasteiger partial charge in [-0.05, 0) is 29.8 Å². The van der Waals surface area contributed by atoms with Crippen LogP contribution in [0.25, 0.3) is 10.9 Å². The number of benzene rings is 3. The Morgan fingerprint density at radius 3 is 2.54 bits per heavy atom. The molecule has 0 aliphatic rings. The van der Waals surface area contributed by atoms with Crippen molar-refractivity contribution in [1.82, 2.24) is 9.66 Å². The van der Waals surface area contributed by atoms with Gasteiger partial charge in [-0.15, -0.1) is 0 Å². The molecule has 188 valence electrons. The topological polar surface area (TPSA) is 143 Å². The molecule has 0 unspecified atom stereocenters. The summed E-state index contributed by atoms with van der Waals surface area (Å²) >= 11 is 3.36. The van der Waals surface area contributed by atoms with Gasteiger partial charge in [0.05, 0.1) is 27.0 Å². The van der Waals surface area contributed by atoms with E-state index < -0.39 is 15.4 Å². The van der Waals surface area contributed by atoms with E-state index in [1.54, 1.807) is 30.3 Å². The van der Waals surface area contributed by atoms with E-state index in [1.807, 2.05) is 13.8 Å². The van der Waals surface area contributed by atoms with Crippen molar-refractivity contribution >= 4 is 44.4 Å². The summed E-state index contributed by atoms with van der Waals surface area (Å²) in [5.74, 6) is 0.187. The first-order valence-corrected chi connectivity index (χ1v) is 11.8. The van der Waals surface area contributed by atoms with Crippen LogP contribution in [0.1, 0.15) is 36.7 Å². The van der Waals surface area contributed by atoms with E-state index in [2.05, 4.69) is 26.0 Å². The van der Waals surface area contributed by atoms with Crippen LogP contribution in [0.4, 0.5) is 11.4 Å². The van der Waals surface area contributed by atoms with Crippen molar-refractivity contribution in [3.63, 3.8) is 0 Å². The van der Waals surface area contributed by atoms with E-state index in [9.17, 15) is 25.0 Å². The van der Waals surface area contributed by atoms with Crippen molar-refractivity contribution in [2.45, 2.75) is 26.4 Å². The zero-order chi connectivity index (χ0) is 26.7. The van der Waals surface area contributed by atoms with Crippen molar-refractivity contribution in [3.05, 3.63) is 113 Å². The molecule has 0 aliphatic heterocycles. The van der Waals surface area contributed by atoms with Crippen molar-refractivity contribution in [1.29, 1.82) is 0 Å². The fourth-order valence-electron chi connectivity index (χ4n) is 3.63. The maximum atomic E-state index is 13.3. The van der Waals surface area contributed by atoms with Crippen molar-refractivity contribution in [3.8, 4) is 5.75 Å². The summed E-state index contributed by atoms with van der Waals surface area (Å²) in [4.78, 5) is 39.5. The molecule has 4 rings (SSSR count). The first kappa shape index (κ1) is 25.6. The highest BCUT2D eigenvalue weighted by Crippen LogP contribution is 2.31. The number of hydrogen-bond acceptors (Lipinski definition) is 8. The van der Waals surface area contributed by atoms with Gasteiger partial charge in [0.25, 0.3) is 11.2 Å². The van der Waals surface area contributed by atoms with E-state index in [4.69, 9.17) is 4.74 Å². The van der Waals surface area contributed by atoms with Gasteiger partial charge in [0.2, 0.25) is 5.75 Å². The molecular weight excluding hydrogens is 546 g/mol. The van der Waals surface area contributed by atoms with Gasteiger partial charge in [-0.1, -0.05) is 48.0 Å². The number of non-ortho nitro benzene ring substituents is 1. The van der Waals surface area contributed by atoms with Crippen LogP contribution in [0.2, 0.25) is 0 Å². The summed E-state index contributed by atoms with van der Waals surface area (Å²) < 4.78 is 7.65. The standard InChI is InChI=1S/C25H20BrN5O6/c1-15(2)24-28-21-10-9-18(26)12-20(21)25(32)29(24)27-13-17-6-4-8-22(31(35)36)23(17)37-14-16-5-3-7-19(11-16)30(33)34/h3-13,15H,14H2,1-2H3. The molecule has 1 heterocycles. The Kier molecular flexibility index (Phi) is 7.39. The van der Waals surface area contributed by atoms with E-state index in [1.165, 1.54) is 41.2 Å². The third-order valence-electron chi connectivity index (χ3n) is 5.39. The Morgan fingerprint density at radius 1 is 1.08 bits per heavy atom.